The Morgan fingerprint density at radius 3 is 2.33 bits per heavy atom. The Balaban J connectivity index is 2.77. The lowest BCUT2D eigenvalue weighted by molar-refractivity contribution is -0.116. The summed E-state index contributed by atoms with van der Waals surface area (Å²) in [4.78, 5) is 22.5. The molecule has 1 amide bonds. The van der Waals surface area contributed by atoms with Gasteiger partial charge in [0.2, 0.25) is 5.24 Å². The van der Waals surface area contributed by atoms with E-state index in [1.54, 1.807) is 0 Å². The monoisotopic (exact) mass is 211 g/mol. The van der Waals surface area contributed by atoms with Crippen molar-refractivity contribution >= 4 is 33.8 Å². The lowest BCUT2D eigenvalue weighted by Gasteiger charge is -2.19. The van der Waals surface area contributed by atoms with E-state index in [2.05, 4.69) is 0 Å². The molecule has 1 saturated heterocycles. The van der Waals surface area contributed by atoms with E-state index in [9.17, 15) is 14.7 Å². The number of aliphatic hydroxyl groups is 1. The van der Waals surface area contributed by atoms with Crippen LogP contribution in [0.5, 0.6) is 0 Å². The Kier molecular flexibility index (Phi) is 2.93. The number of aliphatic hydroxyl groups excluding tert-OH is 1. The summed E-state index contributed by atoms with van der Waals surface area (Å²) < 4.78 is 0. The van der Waals surface area contributed by atoms with Crippen LogP contribution in [0.25, 0.3) is 0 Å². The molecule has 0 saturated carbocycles. The van der Waals surface area contributed by atoms with Gasteiger partial charge in [0.25, 0.3) is 0 Å². The minimum absolute atomic E-state index is 0.270. The number of carbonyl (C=O) groups excluding carboxylic acids is 2. The second kappa shape index (κ2) is 3.60. The van der Waals surface area contributed by atoms with Crippen LogP contribution in [0.2, 0.25) is 0 Å². The number of hydrogen-bond donors (Lipinski definition) is 1. The van der Waals surface area contributed by atoms with Crippen molar-refractivity contribution in [3.05, 3.63) is 0 Å². The highest BCUT2D eigenvalue weighted by atomic mass is 35.5. The van der Waals surface area contributed by atoms with Crippen LogP contribution in [0.4, 0.5) is 4.79 Å². The fourth-order valence-electron chi connectivity index (χ4n) is 1.25. The van der Waals surface area contributed by atoms with Crippen LogP contribution < -0.4 is 0 Å². The van der Waals surface area contributed by atoms with Gasteiger partial charge in [-0.05, 0) is 29.6 Å². The summed E-state index contributed by atoms with van der Waals surface area (Å²) >= 11 is 10.3. The maximum atomic E-state index is 10.7. The van der Waals surface area contributed by atoms with Crippen molar-refractivity contribution in [3.63, 3.8) is 0 Å². The van der Waals surface area contributed by atoms with Crippen LogP contribution in [0.15, 0.2) is 0 Å². The molecule has 1 rings (SSSR count). The van der Waals surface area contributed by atoms with E-state index in [4.69, 9.17) is 23.2 Å². The van der Waals surface area contributed by atoms with Gasteiger partial charge in [0.15, 0.2) is 0 Å². The molecule has 0 aromatic rings. The van der Waals surface area contributed by atoms with Gasteiger partial charge in [-0.15, -0.1) is 0 Å². The third-order valence-corrected chi connectivity index (χ3v) is 2.27. The second-order valence-electron chi connectivity index (χ2n) is 2.55. The first-order chi connectivity index (χ1) is 5.54. The summed E-state index contributed by atoms with van der Waals surface area (Å²) in [6, 6.07) is -0.975. The molecule has 4 nitrogen and oxygen atoms in total. The van der Waals surface area contributed by atoms with Gasteiger partial charge in [-0.3, -0.25) is 9.59 Å². The molecular weight excluding hydrogens is 205 g/mol. The highest BCUT2D eigenvalue weighted by Crippen LogP contribution is 2.21. The molecule has 0 aromatic carbocycles. The summed E-state index contributed by atoms with van der Waals surface area (Å²) in [7, 11) is 0. The fourth-order valence-corrected chi connectivity index (χ4v) is 1.70. The van der Waals surface area contributed by atoms with Crippen LogP contribution in [-0.4, -0.2) is 39.3 Å². The molecular formula is C6H7Cl2NO3. The summed E-state index contributed by atoms with van der Waals surface area (Å²) in [6.45, 7) is 0.270. The van der Waals surface area contributed by atoms with Gasteiger partial charge in [-0.2, -0.15) is 0 Å². The van der Waals surface area contributed by atoms with Crippen LogP contribution in [0.3, 0.4) is 0 Å². The maximum absolute atomic E-state index is 10.7. The molecule has 1 aliphatic heterocycles. The fraction of sp³-hybridized carbons (Fsp3) is 0.667. The average Bonchev–Trinajstić information content (AvgIpc) is 2.30. The van der Waals surface area contributed by atoms with Crippen LogP contribution in [-0.2, 0) is 4.79 Å². The molecule has 0 radical (unpaired) electrons. The van der Waals surface area contributed by atoms with Gasteiger partial charge in [-0.1, -0.05) is 0 Å². The van der Waals surface area contributed by atoms with Crippen molar-refractivity contribution in [1.82, 2.24) is 4.90 Å². The number of nitrogens with zero attached hydrogens (tertiary/aromatic N) is 1. The van der Waals surface area contributed by atoms with Crippen LogP contribution >= 0.6 is 23.2 Å². The number of amides is 1. The zero-order valence-electron chi connectivity index (χ0n) is 6.04. The highest BCUT2D eigenvalue weighted by Gasteiger charge is 2.39. The van der Waals surface area contributed by atoms with E-state index in [0.717, 1.165) is 4.90 Å². The largest absolute Gasteiger partial charge is 0.390 e. The van der Waals surface area contributed by atoms with Crippen molar-refractivity contribution in [1.29, 1.82) is 0 Å². The third kappa shape index (κ3) is 1.71. The minimum atomic E-state index is -0.975. The normalized spacial score (nSPS) is 29.1. The van der Waals surface area contributed by atoms with Crippen LogP contribution in [0, 0.1) is 0 Å². The van der Waals surface area contributed by atoms with Gasteiger partial charge in [-0.25, -0.2) is 0 Å². The lowest BCUT2D eigenvalue weighted by Crippen LogP contribution is -2.41. The van der Waals surface area contributed by atoms with Gasteiger partial charge in [0.05, 0.1) is 6.10 Å². The number of hydrogen-bond acceptors (Lipinski definition) is 3. The zero-order valence-corrected chi connectivity index (χ0v) is 7.55. The molecule has 6 heteroatoms. The highest BCUT2D eigenvalue weighted by molar-refractivity contribution is 6.66. The quantitative estimate of drug-likeness (QED) is 0.509. The molecule has 68 valence electrons. The van der Waals surface area contributed by atoms with E-state index >= 15 is 0 Å². The Morgan fingerprint density at radius 1 is 1.42 bits per heavy atom. The van der Waals surface area contributed by atoms with E-state index in [0.29, 0.717) is 6.42 Å². The molecule has 1 aliphatic rings. The maximum Gasteiger partial charge on any atom is 0.317 e. The molecule has 1 N–H and O–H groups in total. The summed E-state index contributed by atoms with van der Waals surface area (Å²) in [6.07, 6.45) is -0.556. The first kappa shape index (κ1) is 9.77. The smallest absolute Gasteiger partial charge is 0.317 e. The summed E-state index contributed by atoms with van der Waals surface area (Å²) in [5, 5.41) is 7.71. The molecule has 12 heavy (non-hydrogen) atoms. The van der Waals surface area contributed by atoms with Gasteiger partial charge in [0.1, 0.15) is 6.04 Å². The number of carbonyl (C=O) groups is 2. The van der Waals surface area contributed by atoms with E-state index in [1.165, 1.54) is 0 Å². The Bertz CT molecular complexity index is 221. The molecule has 0 bridgehead atoms. The van der Waals surface area contributed by atoms with Gasteiger partial charge >= 0.3 is 5.37 Å². The molecule has 0 aromatic heterocycles. The predicted molar refractivity (Wildman–Crippen MR) is 43.2 cm³/mol. The number of likely N-dealkylation sites (tertiary alicyclic amines) is 1. The molecule has 2 unspecified atom stereocenters. The Hall–Kier alpha value is -0.320. The summed E-state index contributed by atoms with van der Waals surface area (Å²) in [5.74, 6) is 0. The first-order valence-electron chi connectivity index (χ1n) is 3.37. The second-order valence-corrected chi connectivity index (χ2v) is 3.25. The molecule has 1 fully saturated rings. The third-order valence-electron chi connectivity index (χ3n) is 1.82. The topological polar surface area (TPSA) is 57.6 Å². The molecule has 2 atom stereocenters. The van der Waals surface area contributed by atoms with Gasteiger partial charge in [0, 0.05) is 6.54 Å². The number of rotatable bonds is 1. The van der Waals surface area contributed by atoms with Gasteiger partial charge < -0.3 is 10.0 Å². The van der Waals surface area contributed by atoms with Crippen molar-refractivity contribution in [2.75, 3.05) is 6.54 Å². The first-order valence-corrected chi connectivity index (χ1v) is 4.13. The van der Waals surface area contributed by atoms with E-state index in [1.807, 2.05) is 0 Å². The lowest BCUT2D eigenvalue weighted by atomic mass is 10.2. The van der Waals surface area contributed by atoms with E-state index < -0.39 is 22.8 Å². The SMILES string of the molecule is O=C(Cl)C1C(O)CCN1C(=O)Cl. The van der Waals surface area contributed by atoms with Crippen molar-refractivity contribution < 1.29 is 14.7 Å². The van der Waals surface area contributed by atoms with Crippen molar-refractivity contribution in [2.24, 2.45) is 0 Å². The Labute approximate surface area is 79.0 Å². The predicted octanol–water partition coefficient (Wildman–Crippen LogP) is 0.546. The molecule has 0 aliphatic carbocycles. The minimum Gasteiger partial charge on any atom is -0.390 e. The molecule has 0 spiro atoms. The number of halogens is 2. The van der Waals surface area contributed by atoms with Crippen LogP contribution in [0.1, 0.15) is 6.42 Å². The molecule has 1 heterocycles. The van der Waals surface area contributed by atoms with Crippen molar-refractivity contribution in [3.8, 4) is 0 Å². The Morgan fingerprint density at radius 2 is 2.00 bits per heavy atom. The van der Waals surface area contributed by atoms with E-state index in [-0.39, 0.29) is 6.54 Å². The summed E-state index contributed by atoms with van der Waals surface area (Å²) in [5.41, 5.74) is 0. The average molecular weight is 212 g/mol. The zero-order chi connectivity index (χ0) is 9.30. The van der Waals surface area contributed by atoms with Crippen molar-refractivity contribution in [2.45, 2.75) is 18.6 Å². The standard InChI is InChI=1S/C6H7Cl2NO3/c7-5(11)4-3(10)1-2-9(4)6(8)12/h3-4,10H,1-2H2.